The number of aryl methyl sites for hydroxylation is 1. The lowest BCUT2D eigenvalue weighted by molar-refractivity contribution is 0.101. The molecule has 2 rings (SSSR count). The summed E-state index contributed by atoms with van der Waals surface area (Å²) in [7, 11) is 1.73. The minimum Gasteiger partial charge on any atom is -0.494 e. The highest BCUT2D eigenvalue weighted by Crippen LogP contribution is 2.32. The van der Waals surface area contributed by atoms with Gasteiger partial charge in [-0.05, 0) is 25.1 Å². The number of carbonyl (C=O) groups is 1. The third-order valence-electron chi connectivity index (χ3n) is 2.48. The van der Waals surface area contributed by atoms with Gasteiger partial charge in [0.25, 0.3) is 0 Å². The van der Waals surface area contributed by atoms with Crippen molar-refractivity contribution < 1.29 is 9.90 Å². The van der Waals surface area contributed by atoms with Crippen LogP contribution in [0.3, 0.4) is 0 Å². The summed E-state index contributed by atoms with van der Waals surface area (Å²) >= 11 is 3.35. The van der Waals surface area contributed by atoms with Crippen molar-refractivity contribution in [3.8, 4) is 5.88 Å². The molecule has 0 atom stereocenters. The molecule has 0 radical (unpaired) electrons. The number of benzene rings is 1. The first-order chi connectivity index (χ1) is 7.02. The Kier molecular flexibility index (Phi) is 2.31. The number of carbonyl (C=O) groups excluding carboxylic acids is 1. The molecule has 0 aliphatic carbocycles. The highest BCUT2D eigenvalue weighted by Gasteiger charge is 2.17. The van der Waals surface area contributed by atoms with Crippen LogP contribution < -0.4 is 0 Å². The Morgan fingerprint density at radius 2 is 2.13 bits per heavy atom. The van der Waals surface area contributed by atoms with Crippen molar-refractivity contribution in [3.63, 3.8) is 0 Å². The van der Waals surface area contributed by atoms with Crippen molar-refractivity contribution in [2.24, 2.45) is 7.05 Å². The molecule has 0 bridgehead atoms. The highest BCUT2D eigenvalue weighted by atomic mass is 79.9. The van der Waals surface area contributed by atoms with E-state index in [0.29, 0.717) is 5.56 Å². The summed E-state index contributed by atoms with van der Waals surface area (Å²) in [5.74, 6) is -0.105. The van der Waals surface area contributed by atoms with Gasteiger partial charge in [0.2, 0.25) is 5.88 Å². The largest absolute Gasteiger partial charge is 0.494 e. The first kappa shape index (κ1) is 10.2. The fraction of sp³-hybridized carbons (Fsp3) is 0.182. The van der Waals surface area contributed by atoms with E-state index in [9.17, 15) is 9.90 Å². The third-order valence-corrected chi connectivity index (χ3v) is 2.98. The summed E-state index contributed by atoms with van der Waals surface area (Å²) in [5.41, 5.74) is 1.23. The van der Waals surface area contributed by atoms with Gasteiger partial charge in [0, 0.05) is 16.9 Å². The van der Waals surface area contributed by atoms with Crippen LogP contribution in [0.4, 0.5) is 0 Å². The number of fused-ring (bicyclic) bond motifs is 1. The Morgan fingerprint density at radius 1 is 1.47 bits per heavy atom. The molecule has 3 nitrogen and oxygen atoms in total. The Balaban J connectivity index is 2.95. The van der Waals surface area contributed by atoms with Crippen molar-refractivity contribution in [3.05, 3.63) is 28.2 Å². The number of hydrogen-bond acceptors (Lipinski definition) is 2. The average molecular weight is 268 g/mol. The van der Waals surface area contributed by atoms with Crippen molar-refractivity contribution >= 4 is 32.6 Å². The monoisotopic (exact) mass is 267 g/mol. The van der Waals surface area contributed by atoms with Gasteiger partial charge in [0.1, 0.15) is 0 Å². The van der Waals surface area contributed by atoms with E-state index < -0.39 is 0 Å². The molecule has 1 N–H and O–H groups in total. The number of rotatable bonds is 1. The van der Waals surface area contributed by atoms with Gasteiger partial charge in [-0.2, -0.15) is 0 Å². The fourth-order valence-electron chi connectivity index (χ4n) is 1.75. The minimum absolute atomic E-state index is 0.0237. The molecule has 78 valence electrons. The first-order valence-electron chi connectivity index (χ1n) is 4.50. The fourth-order valence-corrected chi connectivity index (χ4v) is 2.11. The quantitative estimate of drug-likeness (QED) is 0.808. The predicted molar refractivity (Wildman–Crippen MR) is 62.3 cm³/mol. The van der Waals surface area contributed by atoms with Gasteiger partial charge in [0.15, 0.2) is 5.78 Å². The van der Waals surface area contributed by atoms with Crippen LogP contribution in [0.5, 0.6) is 5.88 Å². The van der Waals surface area contributed by atoms with Crippen LogP contribution in [0, 0.1) is 0 Å². The maximum Gasteiger partial charge on any atom is 0.202 e. The van der Waals surface area contributed by atoms with E-state index in [4.69, 9.17) is 0 Å². The number of aromatic hydroxyl groups is 1. The van der Waals surface area contributed by atoms with Crippen LogP contribution >= 0.6 is 15.9 Å². The van der Waals surface area contributed by atoms with Gasteiger partial charge in [-0.15, -0.1) is 0 Å². The van der Waals surface area contributed by atoms with Crippen molar-refractivity contribution in [1.29, 1.82) is 0 Å². The van der Waals surface area contributed by atoms with E-state index >= 15 is 0 Å². The third kappa shape index (κ3) is 1.45. The number of Topliss-reactive ketones (excluding diaryl/α,β-unsaturated/α-hetero) is 1. The summed E-state index contributed by atoms with van der Waals surface area (Å²) < 4.78 is 2.50. The summed E-state index contributed by atoms with van der Waals surface area (Å²) in [4.78, 5) is 11.4. The number of halogens is 1. The van der Waals surface area contributed by atoms with E-state index in [-0.39, 0.29) is 11.7 Å². The van der Waals surface area contributed by atoms with Crippen LogP contribution in [0.2, 0.25) is 0 Å². The van der Waals surface area contributed by atoms with Gasteiger partial charge in [-0.1, -0.05) is 15.9 Å². The molecule has 0 unspecified atom stereocenters. The zero-order chi connectivity index (χ0) is 11.2. The summed E-state index contributed by atoms with van der Waals surface area (Å²) in [6.07, 6.45) is 0. The number of aromatic nitrogens is 1. The average Bonchev–Trinajstić information content (AvgIpc) is 2.39. The molecule has 1 aromatic carbocycles. The number of ketones is 1. The molecule has 1 aromatic heterocycles. The second-order valence-electron chi connectivity index (χ2n) is 3.48. The van der Waals surface area contributed by atoms with Gasteiger partial charge in [0.05, 0.1) is 11.1 Å². The molecule has 0 saturated carbocycles. The topological polar surface area (TPSA) is 42.2 Å². The van der Waals surface area contributed by atoms with Crippen molar-refractivity contribution in [1.82, 2.24) is 4.57 Å². The van der Waals surface area contributed by atoms with Crippen LogP contribution in [0.25, 0.3) is 10.9 Å². The standard InChI is InChI=1S/C11H10BrNO2/c1-6(14)10-8-5-7(12)3-4-9(8)13(2)11(10)15/h3-5,15H,1-2H3. The second-order valence-corrected chi connectivity index (χ2v) is 4.39. The smallest absolute Gasteiger partial charge is 0.202 e. The van der Waals surface area contributed by atoms with Crippen molar-refractivity contribution in [2.45, 2.75) is 6.92 Å². The molecule has 0 spiro atoms. The molecule has 2 aromatic rings. The van der Waals surface area contributed by atoms with E-state index in [0.717, 1.165) is 15.4 Å². The molecule has 1 heterocycles. The Morgan fingerprint density at radius 3 is 2.73 bits per heavy atom. The molecule has 15 heavy (non-hydrogen) atoms. The summed E-state index contributed by atoms with van der Waals surface area (Å²) in [6, 6.07) is 5.59. The highest BCUT2D eigenvalue weighted by molar-refractivity contribution is 9.10. The molecular weight excluding hydrogens is 258 g/mol. The lowest BCUT2D eigenvalue weighted by Gasteiger charge is -1.96. The van der Waals surface area contributed by atoms with E-state index in [1.807, 2.05) is 18.2 Å². The molecular formula is C11H10BrNO2. The molecule has 4 heteroatoms. The van der Waals surface area contributed by atoms with Crippen LogP contribution in [0.1, 0.15) is 17.3 Å². The molecule has 0 saturated heterocycles. The normalized spacial score (nSPS) is 10.9. The summed E-state index contributed by atoms with van der Waals surface area (Å²) in [5, 5.41) is 10.6. The Labute approximate surface area is 95.5 Å². The van der Waals surface area contributed by atoms with Gasteiger partial charge in [-0.25, -0.2) is 0 Å². The van der Waals surface area contributed by atoms with Gasteiger partial charge < -0.3 is 9.67 Å². The van der Waals surface area contributed by atoms with Gasteiger partial charge >= 0.3 is 0 Å². The van der Waals surface area contributed by atoms with Crippen LogP contribution in [0.15, 0.2) is 22.7 Å². The van der Waals surface area contributed by atoms with Crippen molar-refractivity contribution in [2.75, 3.05) is 0 Å². The molecule has 0 amide bonds. The van der Waals surface area contributed by atoms with E-state index in [1.165, 1.54) is 6.92 Å². The van der Waals surface area contributed by atoms with E-state index in [1.54, 1.807) is 11.6 Å². The lowest BCUT2D eigenvalue weighted by Crippen LogP contribution is -1.91. The zero-order valence-corrected chi connectivity index (χ0v) is 10.00. The molecule has 0 aliphatic rings. The lowest BCUT2D eigenvalue weighted by atomic mass is 10.1. The first-order valence-corrected chi connectivity index (χ1v) is 5.29. The Bertz CT molecular complexity index is 557. The minimum atomic E-state index is -0.129. The maximum absolute atomic E-state index is 11.4. The summed E-state index contributed by atoms with van der Waals surface area (Å²) in [6.45, 7) is 1.45. The molecule has 0 fully saturated rings. The van der Waals surface area contributed by atoms with E-state index in [2.05, 4.69) is 15.9 Å². The molecule has 0 aliphatic heterocycles. The zero-order valence-electron chi connectivity index (χ0n) is 8.41. The van der Waals surface area contributed by atoms with Crippen LogP contribution in [-0.2, 0) is 7.05 Å². The maximum atomic E-state index is 11.4. The predicted octanol–water partition coefficient (Wildman–Crippen LogP) is 2.85. The number of nitrogens with zero attached hydrogens (tertiary/aromatic N) is 1. The second kappa shape index (κ2) is 3.38. The SMILES string of the molecule is CC(=O)c1c(O)n(C)c2ccc(Br)cc12. The Hall–Kier alpha value is -1.29. The number of hydrogen-bond donors (Lipinski definition) is 1. The van der Waals surface area contributed by atoms with Gasteiger partial charge in [-0.3, -0.25) is 4.79 Å². The van der Waals surface area contributed by atoms with Crippen LogP contribution in [-0.4, -0.2) is 15.5 Å².